The van der Waals surface area contributed by atoms with Crippen molar-refractivity contribution in [3.05, 3.63) is 59.2 Å². The first kappa shape index (κ1) is 13.3. The van der Waals surface area contributed by atoms with Crippen LogP contribution < -0.4 is 0 Å². The number of aryl methyl sites for hydroxylation is 1. The Labute approximate surface area is 114 Å². The predicted molar refractivity (Wildman–Crippen MR) is 77.1 cm³/mol. The van der Waals surface area contributed by atoms with Gasteiger partial charge in [-0.1, -0.05) is 42.5 Å². The third kappa shape index (κ3) is 2.84. The summed E-state index contributed by atoms with van der Waals surface area (Å²) in [6.07, 6.45) is 0.314. The maximum atomic E-state index is 11.6. The van der Waals surface area contributed by atoms with Crippen molar-refractivity contribution in [2.45, 2.75) is 20.3 Å². The second kappa shape index (κ2) is 5.70. The Morgan fingerprint density at radius 1 is 1.05 bits per heavy atom. The van der Waals surface area contributed by atoms with Gasteiger partial charge in [0, 0.05) is 0 Å². The molecule has 0 atom stereocenters. The number of hydrogen-bond donors (Lipinski definition) is 0. The van der Waals surface area contributed by atoms with E-state index in [-0.39, 0.29) is 5.97 Å². The molecular weight excluding hydrogens is 236 g/mol. The number of carbonyl (C=O) groups is 1. The molecule has 2 aromatic rings. The highest BCUT2D eigenvalue weighted by molar-refractivity contribution is 5.79. The number of rotatable bonds is 3. The van der Waals surface area contributed by atoms with Crippen LogP contribution in [-0.4, -0.2) is 13.1 Å². The Balaban J connectivity index is 2.55. The molecule has 19 heavy (non-hydrogen) atoms. The molecule has 0 radical (unpaired) electrons. The van der Waals surface area contributed by atoms with E-state index in [1.807, 2.05) is 18.2 Å². The van der Waals surface area contributed by atoms with Gasteiger partial charge in [-0.15, -0.1) is 0 Å². The molecule has 0 bridgehead atoms. The van der Waals surface area contributed by atoms with Crippen LogP contribution >= 0.6 is 0 Å². The smallest absolute Gasteiger partial charge is 0.310 e. The van der Waals surface area contributed by atoms with Crippen LogP contribution in [0.1, 0.15) is 16.7 Å². The van der Waals surface area contributed by atoms with E-state index >= 15 is 0 Å². The third-order valence-electron chi connectivity index (χ3n) is 3.50. The lowest BCUT2D eigenvalue weighted by atomic mass is 9.91. The lowest BCUT2D eigenvalue weighted by molar-refractivity contribution is -0.139. The number of hydrogen-bond acceptors (Lipinski definition) is 2. The van der Waals surface area contributed by atoms with Gasteiger partial charge < -0.3 is 4.74 Å². The molecule has 0 saturated carbocycles. The summed E-state index contributed by atoms with van der Waals surface area (Å²) in [5, 5.41) is 0. The third-order valence-corrected chi connectivity index (χ3v) is 3.50. The van der Waals surface area contributed by atoms with E-state index in [0.717, 1.165) is 22.3 Å². The van der Waals surface area contributed by atoms with Crippen LogP contribution in [0.3, 0.4) is 0 Å². The highest BCUT2D eigenvalue weighted by Crippen LogP contribution is 2.28. The average molecular weight is 254 g/mol. The summed E-state index contributed by atoms with van der Waals surface area (Å²) in [6.45, 7) is 4.12. The summed E-state index contributed by atoms with van der Waals surface area (Å²) in [4.78, 5) is 11.6. The molecule has 0 N–H and O–H groups in total. The summed E-state index contributed by atoms with van der Waals surface area (Å²) in [5.41, 5.74) is 5.64. The molecule has 0 aliphatic carbocycles. The fourth-order valence-corrected chi connectivity index (χ4v) is 2.21. The molecule has 0 heterocycles. The normalized spacial score (nSPS) is 10.3. The maximum Gasteiger partial charge on any atom is 0.310 e. The van der Waals surface area contributed by atoms with E-state index in [1.165, 1.54) is 12.7 Å². The molecule has 0 aliphatic heterocycles. The molecule has 2 heteroatoms. The van der Waals surface area contributed by atoms with Gasteiger partial charge in [0.2, 0.25) is 0 Å². The van der Waals surface area contributed by atoms with Crippen LogP contribution in [-0.2, 0) is 16.0 Å². The molecule has 0 saturated heterocycles. The maximum absolute atomic E-state index is 11.6. The van der Waals surface area contributed by atoms with Gasteiger partial charge in [0.25, 0.3) is 0 Å². The molecule has 2 aromatic carbocycles. The second-order valence-electron chi connectivity index (χ2n) is 4.65. The van der Waals surface area contributed by atoms with Crippen molar-refractivity contribution in [3.8, 4) is 11.1 Å². The van der Waals surface area contributed by atoms with Crippen LogP contribution in [0.25, 0.3) is 11.1 Å². The molecule has 2 nitrogen and oxygen atoms in total. The molecule has 0 spiro atoms. The minimum absolute atomic E-state index is 0.203. The fraction of sp³-hybridized carbons (Fsp3) is 0.235. The molecule has 2 rings (SSSR count). The number of methoxy groups -OCH3 is 1. The van der Waals surface area contributed by atoms with Crippen LogP contribution in [0.5, 0.6) is 0 Å². The summed E-state index contributed by atoms with van der Waals surface area (Å²) in [6, 6.07) is 14.3. The molecule has 0 amide bonds. The monoisotopic (exact) mass is 254 g/mol. The average Bonchev–Trinajstić information content (AvgIpc) is 2.45. The highest BCUT2D eigenvalue weighted by Gasteiger charge is 2.13. The van der Waals surface area contributed by atoms with Crippen LogP contribution in [0, 0.1) is 13.8 Å². The molecular formula is C17H18O2. The summed E-state index contributed by atoms with van der Waals surface area (Å²) in [7, 11) is 1.43. The second-order valence-corrected chi connectivity index (χ2v) is 4.65. The number of benzene rings is 2. The Bertz CT molecular complexity index is 586. The molecule has 0 unspecified atom stereocenters. The Kier molecular flexibility index (Phi) is 4.00. The van der Waals surface area contributed by atoms with Crippen molar-refractivity contribution >= 4 is 5.97 Å². The van der Waals surface area contributed by atoms with Gasteiger partial charge in [-0.3, -0.25) is 4.79 Å². The molecule has 0 aromatic heterocycles. The minimum Gasteiger partial charge on any atom is -0.469 e. The Morgan fingerprint density at radius 2 is 1.74 bits per heavy atom. The quantitative estimate of drug-likeness (QED) is 0.781. The van der Waals surface area contributed by atoms with Gasteiger partial charge in [0.05, 0.1) is 13.5 Å². The largest absolute Gasteiger partial charge is 0.469 e. The van der Waals surface area contributed by atoms with Crippen molar-refractivity contribution in [1.82, 2.24) is 0 Å². The summed E-state index contributed by atoms with van der Waals surface area (Å²) in [5.74, 6) is -0.203. The molecule has 0 aliphatic rings. The van der Waals surface area contributed by atoms with Crippen LogP contribution in [0.2, 0.25) is 0 Å². The van der Waals surface area contributed by atoms with E-state index in [2.05, 4.69) is 38.1 Å². The standard InChI is InChI=1S/C17H18O2/c1-12-9-10-15(14-7-5-4-6-8-14)16(13(12)2)11-17(18)19-3/h4-10H,11H2,1-3H3. The SMILES string of the molecule is COC(=O)Cc1c(-c2ccccc2)ccc(C)c1C. The van der Waals surface area contributed by atoms with Gasteiger partial charge in [0.1, 0.15) is 0 Å². The predicted octanol–water partition coefficient (Wildman–Crippen LogP) is 3.69. The summed E-state index contributed by atoms with van der Waals surface area (Å²) < 4.78 is 4.80. The lowest BCUT2D eigenvalue weighted by Gasteiger charge is -2.14. The lowest BCUT2D eigenvalue weighted by Crippen LogP contribution is -2.08. The van der Waals surface area contributed by atoms with Crippen LogP contribution in [0.4, 0.5) is 0 Å². The van der Waals surface area contributed by atoms with Crippen molar-refractivity contribution in [2.24, 2.45) is 0 Å². The van der Waals surface area contributed by atoms with E-state index in [1.54, 1.807) is 0 Å². The zero-order chi connectivity index (χ0) is 13.8. The Morgan fingerprint density at radius 3 is 2.37 bits per heavy atom. The van der Waals surface area contributed by atoms with E-state index < -0.39 is 0 Å². The van der Waals surface area contributed by atoms with E-state index in [4.69, 9.17) is 4.74 Å². The zero-order valence-corrected chi connectivity index (χ0v) is 11.6. The summed E-state index contributed by atoms with van der Waals surface area (Å²) >= 11 is 0. The van der Waals surface area contributed by atoms with Crippen molar-refractivity contribution in [2.75, 3.05) is 7.11 Å². The van der Waals surface area contributed by atoms with Gasteiger partial charge in [-0.05, 0) is 41.7 Å². The first-order chi connectivity index (χ1) is 9.13. The number of ether oxygens (including phenoxy) is 1. The van der Waals surface area contributed by atoms with Gasteiger partial charge in [-0.2, -0.15) is 0 Å². The van der Waals surface area contributed by atoms with Crippen molar-refractivity contribution in [3.63, 3.8) is 0 Å². The highest BCUT2D eigenvalue weighted by atomic mass is 16.5. The van der Waals surface area contributed by atoms with Gasteiger partial charge in [-0.25, -0.2) is 0 Å². The van der Waals surface area contributed by atoms with Crippen molar-refractivity contribution < 1.29 is 9.53 Å². The van der Waals surface area contributed by atoms with E-state index in [0.29, 0.717) is 6.42 Å². The van der Waals surface area contributed by atoms with Crippen molar-refractivity contribution in [1.29, 1.82) is 0 Å². The minimum atomic E-state index is -0.203. The molecule has 0 fully saturated rings. The first-order valence-corrected chi connectivity index (χ1v) is 6.34. The topological polar surface area (TPSA) is 26.3 Å². The van der Waals surface area contributed by atoms with Crippen LogP contribution in [0.15, 0.2) is 42.5 Å². The fourth-order valence-electron chi connectivity index (χ4n) is 2.21. The Hall–Kier alpha value is -2.09. The zero-order valence-electron chi connectivity index (χ0n) is 11.6. The van der Waals surface area contributed by atoms with E-state index in [9.17, 15) is 4.79 Å². The number of carbonyl (C=O) groups excluding carboxylic acids is 1. The van der Waals surface area contributed by atoms with Gasteiger partial charge >= 0.3 is 5.97 Å². The molecule has 98 valence electrons. The first-order valence-electron chi connectivity index (χ1n) is 6.34. The van der Waals surface area contributed by atoms with Gasteiger partial charge in [0.15, 0.2) is 0 Å². The number of esters is 1.